The molecule has 0 radical (unpaired) electrons. The van der Waals surface area contributed by atoms with E-state index in [1.807, 2.05) is 19.1 Å². The number of sulfonamides is 1. The molecule has 29 heavy (non-hydrogen) atoms. The second-order valence-corrected chi connectivity index (χ2v) is 11.6. The minimum absolute atomic E-state index is 0.0578. The molecule has 1 unspecified atom stereocenters. The summed E-state index contributed by atoms with van der Waals surface area (Å²) in [4.78, 5) is 0.215. The number of benzene rings is 2. The minimum Gasteiger partial charge on any atom is -0.254 e. The topological polar surface area (TPSA) is 63.4 Å². The highest BCUT2D eigenvalue weighted by Gasteiger charge is 2.40. The van der Waals surface area contributed by atoms with E-state index in [4.69, 9.17) is 5.84 Å². The van der Waals surface area contributed by atoms with Crippen LogP contribution in [0.25, 0.3) is 6.08 Å². The lowest BCUT2D eigenvalue weighted by atomic mass is 9.62. The summed E-state index contributed by atoms with van der Waals surface area (Å²) in [7, 11) is -3.79. The summed E-state index contributed by atoms with van der Waals surface area (Å²) >= 11 is 0. The van der Waals surface area contributed by atoms with E-state index < -0.39 is 16.1 Å². The SMILES string of the molecule is Cc1ccc(S(=O)(=O)N(N)C2C=Cc3cc4c(cc32)C(C)(C)CCC4(C)C)cc1. The van der Waals surface area contributed by atoms with Gasteiger partial charge in [0, 0.05) is 0 Å². The number of nitrogens with two attached hydrogens (primary N) is 1. The third-order valence-corrected chi connectivity index (χ3v) is 8.35. The highest BCUT2D eigenvalue weighted by Crippen LogP contribution is 2.48. The zero-order valence-corrected chi connectivity index (χ0v) is 18.7. The Labute approximate surface area is 174 Å². The van der Waals surface area contributed by atoms with Gasteiger partial charge in [-0.15, -0.1) is 4.41 Å². The molecule has 0 aliphatic heterocycles. The van der Waals surface area contributed by atoms with Crippen LogP contribution in [0.2, 0.25) is 0 Å². The largest absolute Gasteiger partial charge is 0.256 e. The van der Waals surface area contributed by atoms with Crippen LogP contribution in [0.1, 0.15) is 74.4 Å². The Morgan fingerprint density at radius 2 is 1.52 bits per heavy atom. The van der Waals surface area contributed by atoms with Crippen molar-refractivity contribution < 1.29 is 8.42 Å². The number of hydrogen-bond donors (Lipinski definition) is 1. The smallest absolute Gasteiger partial charge is 0.254 e. The van der Waals surface area contributed by atoms with E-state index >= 15 is 0 Å². The van der Waals surface area contributed by atoms with E-state index in [1.165, 1.54) is 11.1 Å². The van der Waals surface area contributed by atoms with Gasteiger partial charge in [0.25, 0.3) is 10.0 Å². The molecule has 0 spiro atoms. The molecule has 154 valence electrons. The molecule has 0 amide bonds. The Balaban J connectivity index is 1.78. The van der Waals surface area contributed by atoms with Crippen LogP contribution in [0.3, 0.4) is 0 Å². The molecule has 2 aliphatic rings. The van der Waals surface area contributed by atoms with Crippen molar-refractivity contribution in [3.8, 4) is 0 Å². The molecule has 4 nitrogen and oxygen atoms in total. The Morgan fingerprint density at radius 3 is 2.10 bits per heavy atom. The fourth-order valence-corrected chi connectivity index (χ4v) is 5.76. The first-order valence-electron chi connectivity index (χ1n) is 10.2. The summed E-state index contributed by atoms with van der Waals surface area (Å²) < 4.78 is 27.3. The maximum atomic E-state index is 13.1. The van der Waals surface area contributed by atoms with E-state index in [0.29, 0.717) is 0 Å². The lowest BCUT2D eigenvalue weighted by Gasteiger charge is -2.42. The van der Waals surface area contributed by atoms with Gasteiger partial charge in [-0.1, -0.05) is 69.7 Å². The number of nitrogens with zero attached hydrogens (tertiary/aromatic N) is 1. The monoisotopic (exact) mass is 410 g/mol. The maximum Gasteiger partial charge on any atom is 0.256 e. The normalized spacial score (nSPS) is 21.8. The molecule has 2 N–H and O–H groups in total. The van der Waals surface area contributed by atoms with Gasteiger partial charge in [-0.25, -0.2) is 8.42 Å². The van der Waals surface area contributed by atoms with E-state index in [2.05, 4.69) is 39.8 Å². The van der Waals surface area contributed by atoms with Gasteiger partial charge in [-0.3, -0.25) is 5.84 Å². The maximum absolute atomic E-state index is 13.1. The lowest BCUT2D eigenvalue weighted by molar-refractivity contribution is 0.330. The van der Waals surface area contributed by atoms with E-state index in [9.17, 15) is 8.42 Å². The highest BCUT2D eigenvalue weighted by atomic mass is 32.2. The molecule has 0 saturated carbocycles. The Kier molecular flexibility index (Phi) is 4.57. The van der Waals surface area contributed by atoms with E-state index in [0.717, 1.165) is 33.9 Å². The van der Waals surface area contributed by atoms with Crippen molar-refractivity contribution in [3.63, 3.8) is 0 Å². The average Bonchev–Trinajstić information content (AvgIpc) is 3.07. The number of aryl methyl sites for hydroxylation is 1. The second kappa shape index (κ2) is 6.53. The van der Waals surface area contributed by atoms with Crippen molar-refractivity contribution in [1.82, 2.24) is 4.41 Å². The fourth-order valence-electron chi connectivity index (χ4n) is 4.55. The quantitative estimate of drug-likeness (QED) is 0.573. The third kappa shape index (κ3) is 3.25. The molecule has 0 saturated heterocycles. The van der Waals surface area contributed by atoms with Gasteiger partial charge in [0.1, 0.15) is 0 Å². The van der Waals surface area contributed by atoms with Crippen LogP contribution in [-0.2, 0) is 20.9 Å². The Morgan fingerprint density at radius 1 is 0.966 bits per heavy atom. The van der Waals surface area contributed by atoms with Crippen molar-refractivity contribution in [1.29, 1.82) is 0 Å². The lowest BCUT2D eigenvalue weighted by Crippen LogP contribution is -2.40. The van der Waals surface area contributed by atoms with Crippen molar-refractivity contribution in [2.75, 3.05) is 0 Å². The zero-order chi connectivity index (χ0) is 21.2. The summed E-state index contributed by atoms with van der Waals surface area (Å²) in [5, 5.41) is 0. The van der Waals surface area contributed by atoms with Crippen LogP contribution in [-0.4, -0.2) is 12.8 Å². The van der Waals surface area contributed by atoms with Crippen molar-refractivity contribution in [3.05, 3.63) is 70.3 Å². The van der Waals surface area contributed by atoms with Crippen molar-refractivity contribution >= 4 is 16.1 Å². The van der Waals surface area contributed by atoms with Crippen LogP contribution in [0.5, 0.6) is 0 Å². The van der Waals surface area contributed by atoms with Crippen LogP contribution in [0, 0.1) is 6.92 Å². The first-order valence-corrected chi connectivity index (χ1v) is 11.6. The molecular weight excluding hydrogens is 380 g/mol. The van der Waals surface area contributed by atoms with Crippen molar-refractivity contribution in [2.45, 2.75) is 69.2 Å². The molecule has 2 aromatic carbocycles. The first kappa shape index (κ1) is 20.3. The molecule has 0 aromatic heterocycles. The summed E-state index contributed by atoms with van der Waals surface area (Å²) in [6, 6.07) is 10.8. The highest BCUT2D eigenvalue weighted by molar-refractivity contribution is 7.89. The molecule has 2 aromatic rings. The van der Waals surface area contributed by atoms with E-state index in [-0.39, 0.29) is 15.7 Å². The van der Waals surface area contributed by atoms with Gasteiger partial charge in [-0.2, -0.15) is 0 Å². The number of rotatable bonds is 3. The minimum atomic E-state index is -3.79. The van der Waals surface area contributed by atoms with Gasteiger partial charge in [0.2, 0.25) is 0 Å². The third-order valence-electron chi connectivity index (χ3n) is 6.70. The zero-order valence-electron chi connectivity index (χ0n) is 17.9. The molecule has 5 heteroatoms. The van der Waals surface area contributed by atoms with Gasteiger partial charge in [0.15, 0.2) is 0 Å². The number of hydrazine groups is 1. The predicted molar refractivity (Wildman–Crippen MR) is 118 cm³/mol. The summed E-state index contributed by atoms with van der Waals surface area (Å²) in [5.74, 6) is 6.23. The molecule has 0 fully saturated rings. The van der Waals surface area contributed by atoms with E-state index in [1.54, 1.807) is 24.3 Å². The Bertz CT molecular complexity index is 1100. The molecule has 0 heterocycles. The number of hydrogen-bond acceptors (Lipinski definition) is 3. The molecule has 0 bridgehead atoms. The van der Waals surface area contributed by atoms with Crippen molar-refractivity contribution in [2.24, 2.45) is 5.84 Å². The summed E-state index contributed by atoms with van der Waals surface area (Å²) in [5.41, 5.74) is 5.88. The number of fused-ring (bicyclic) bond motifs is 2. The summed E-state index contributed by atoms with van der Waals surface area (Å²) in [6.45, 7) is 11.1. The first-order chi connectivity index (χ1) is 13.4. The standard InChI is InChI=1S/C24H30N2O2S/c1-16-6-9-18(10-7-16)29(27,28)26(25)22-11-8-17-14-20-21(15-19(17)22)24(4,5)13-12-23(20,2)3/h6-11,14-15,22H,12-13,25H2,1-5H3. The summed E-state index contributed by atoms with van der Waals surface area (Å²) in [6.07, 6.45) is 6.14. The van der Waals surface area contributed by atoms with Crippen LogP contribution < -0.4 is 5.84 Å². The fraction of sp³-hybridized carbons (Fsp3) is 0.417. The van der Waals surface area contributed by atoms with Crippen LogP contribution >= 0.6 is 0 Å². The van der Waals surface area contributed by atoms with Gasteiger partial charge in [-0.05, 0) is 65.0 Å². The van der Waals surface area contributed by atoms with Gasteiger partial charge in [0.05, 0.1) is 10.9 Å². The average molecular weight is 411 g/mol. The molecule has 4 rings (SSSR count). The molecular formula is C24H30N2O2S. The van der Waals surface area contributed by atoms with Gasteiger partial charge < -0.3 is 0 Å². The second-order valence-electron chi connectivity index (χ2n) is 9.75. The Hall–Kier alpha value is -1.95. The van der Waals surface area contributed by atoms with Crippen LogP contribution in [0.15, 0.2) is 47.4 Å². The van der Waals surface area contributed by atoms with Crippen LogP contribution in [0.4, 0.5) is 0 Å². The van der Waals surface area contributed by atoms with Gasteiger partial charge >= 0.3 is 0 Å². The molecule has 1 atom stereocenters. The molecule has 2 aliphatic carbocycles. The predicted octanol–water partition coefficient (Wildman–Crippen LogP) is 4.98.